The number of amides is 4. The van der Waals surface area contributed by atoms with Crippen LogP contribution in [0.5, 0.6) is 0 Å². The molecule has 0 aromatic carbocycles. The van der Waals surface area contributed by atoms with Gasteiger partial charge in [-0.1, -0.05) is 0 Å². The van der Waals surface area contributed by atoms with E-state index in [2.05, 4.69) is 10.6 Å². The van der Waals surface area contributed by atoms with E-state index in [1.165, 1.54) is 0 Å². The van der Waals surface area contributed by atoms with Gasteiger partial charge in [-0.05, 0) is 0 Å². The number of hydrogen-bond acceptors (Lipinski definition) is 10. The number of rotatable bonds is 4. The van der Waals surface area contributed by atoms with Gasteiger partial charge in [0, 0.05) is 65.4 Å². The van der Waals surface area contributed by atoms with Crippen molar-refractivity contribution in [3.05, 3.63) is 0 Å². The van der Waals surface area contributed by atoms with Gasteiger partial charge in [-0.2, -0.15) is 0 Å². The van der Waals surface area contributed by atoms with Crippen molar-refractivity contribution < 1.29 is 28.7 Å². The number of carbonyl (C=O) groups excluding carboxylic acids is 4. The van der Waals surface area contributed by atoms with Crippen LogP contribution in [0.15, 0.2) is 0 Å². The summed E-state index contributed by atoms with van der Waals surface area (Å²) < 4.78 is 10.9. The number of fused-ring (bicyclic) bond motifs is 21. The zero-order valence-corrected chi connectivity index (χ0v) is 21.1. The summed E-state index contributed by atoms with van der Waals surface area (Å²) in [5, 5.41) is 5.71. The van der Waals surface area contributed by atoms with E-state index in [1.807, 2.05) is 19.6 Å². The van der Waals surface area contributed by atoms with E-state index in [1.54, 1.807) is 0 Å². The predicted octanol–water partition coefficient (Wildman–Crippen LogP) is -4.54. The molecule has 36 heavy (non-hydrogen) atoms. The quantitative estimate of drug-likeness (QED) is 0.267. The number of primary amides is 2. The Hall–Kier alpha value is -2.36. The summed E-state index contributed by atoms with van der Waals surface area (Å²) in [6.45, 7) is 6.97. The van der Waals surface area contributed by atoms with Gasteiger partial charge in [0.25, 0.3) is 0 Å². The number of nitrogens with zero attached hydrogens (tertiary/aromatic N) is 4. The van der Waals surface area contributed by atoms with Crippen LogP contribution in [0.25, 0.3) is 0 Å². The lowest BCUT2D eigenvalue weighted by Crippen LogP contribution is -2.51. The number of carbonyl (C=O) groups is 4. The van der Waals surface area contributed by atoms with E-state index >= 15 is 0 Å². The molecule has 3 aliphatic rings. The Morgan fingerprint density at radius 1 is 0.639 bits per heavy atom. The van der Waals surface area contributed by atoms with Crippen molar-refractivity contribution >= 4 is 23.6 Å². The van der Waals surface area contributed by atoms with Gasteiger partial charge >= 0.3 is 0 Å². The molecule has 3 rings (SSSR count). The third-order valence-electron chi connectivity index (χ3n) is 5.93. The van der Waals surface area contributed by atoms with Crippen LogP contribution in [0, 0.1) is 0 Å². The van der Waals surface area contributed by atoms with Gasteiger partial charge in [0.1, 0.15) is 0 Å². The van der Waals surface area contributed by atoms with E-state index < -0.39 is 11.8 Å². The Morgan fingerprint density at radius 2 is 1.00 bits per heavy atom. The Labute approximate surface area is 212 Å². The first kappa shape index (κ1) is 29.9. The summed E-state index contributed by atoms with van der Waals surface area (Å²) in [7, 11) is 0. The summed E-state index contributed by atoms with van der Waals surface area (Å²) >= 11 is 0. The summed E-state index contributed by atoms with van der Waals surface area (Å²) in [4.78, 5) is 56.2. The molecule has 14 nitrogen and oxygen atoms in total. The highest BCUT2D eigenvalue weighted by molar-refractivity contribution is 5.78. The van der Waals surface area contributed by atoms with Crippen LogP contribution >= 0.6 is 0 Å². The maximum atomic E-state index is 12.5. The molecule has 206 valence electrons. The van der Waals surface area contributed by atoms with Crippen LogP contribution in [0.3, 0.4) is 0 Å². The summed E-state index contributed by atoms with van der Waals surface area (Å²) in [6, 6.07) is 0. The van der Waals surface area contributed by atoms with Gasteiger partial charge in [-0.15, -0.1) is 0 Å². The summed E-state index contributed by atoms with van der Waals surface area (Å²) in [6.07, 6.45) is 0. The smallest absolute Gasteiger partial charge is 0.234 e. The van der Waals surface area contributed by atoms with Crippen molar-refractivity contribution in [1.82, 2.24) is 30.2 Å². The highest BCUT2D eigenvalue weighted by atomic mass is 16.5. The Kier molecular flexibility index (Phi) is 14.2. The summed E-state index contributed by atoms with van der Waals surface area (Å²) in [5.74, 6) is -1.14. The van der Waals surface area contributed by atoms with Crippen LogP contribution in [-0.2, 0) is 28.7 Å². The molecule has 0 atom stereocenters. The molecule has 3 heterocycles. The highest BCUT2D eigenvalue weighted by Crippen LogP contribution is 2.01. The van der Waals surface area contributed by atoms with E-state index in [9.17, 15) is 19.2 Å². The fourth-order valence-corrected chi connectivity index (χ4v) is 4.02. The first-order valence-corrected chi connectivity index (χ1v) is 12.5. The molecule has 0 aliphatic carbocycles. The van der Waals surface area contributed by atoms with E-state index in [0.29, 0.717) is 91.9 Å². The molecule has 0 spiro atoms. The van der Waals surface area contributed by atoms with Crippen LogP contribution < -0.4 is 22.1 Å². The first-order valence-electron chi connectivity index (χ1n) is 12.5. The van der Waals surface area contributed by atoms with Gasteiger partial charge in [0.15, 0.2) is 0 Å². The molecule has 0 aromatic heterocycles. The molecule has 3 fully saturated rings. The lowest BCUT2D eigenvalue weighted by atomic mass is 10.3. The molecule has 0 radical (unpaired) electrons. The second-order valence-electron chi connectivity index (χ2n) is 8.96. The van der Waals surface area contributed by atoms with Gasteiger partial charge in [-0.3, -0.25) is 38.8 Å². The lowest BCUT2D eigenvalue weighted by molar-refractivity contribution is -0.123. The van der Waals surface area contributed by atoms with Crippen molar-refractivity contribution in [3.63, 3.8) is 0 Å². The standard InChI is InChI=1S/C22H42N8O6/c23-19(31)15-27-3-7-29-8-4-28(16-20(24)32)6-10-30(9-5-27)18-22(34)26-2-12-36-14-13-35-11-1-25-21(33)17-29/h1-18H2,(H2,23,31)(H2,24,32)(H,25,33)(H,26,34). The topological polar surface area (TPSA) is 176 Å². The zero-order valence-electron chi connectivity index (χ0n) is 21.1. The van der Waals surface area contributed by atoms with Gasteiger partial charge in [0.2, 0.25) is 23.6 Å². The van der Waals surface area contributed by atoms with Gasteiger partial charge in [0.05, 0.1) is 52.6 Å². The highest BCUT2D eigenvalue weighted by Gasteiger charge is 2.20. The molecular weight excluding hydrogens is 472 g/mol. The number of nitrogens with two attached hydrogens (primary N) is 2. The third kappa shape index (κ3) is 13.7. The fraction of sp³-hybridized carbons (Fsp3) is 0.818. The Morgan fingerprint density at radius 3 is 1.33 bits per heavy atom. The molecule has 4 amide bonds. The monoisotopic (exact) mass is 514 g/mol. The van der Waals surface area contributed by atoms with Crippen molar-refractivity contribution in [3.8, 4) is 0 Å². The Bertz CT molecular complexity index is 638. The first-order chi connectivity index (χ1) is 17.3. The van der Waals surface area contributed by atoms with Gasteiger partial charge < -0.3 is 31.6 Å². The van der Waals surface area contributed by atoms with E-state index in [4.69, 9.17) is 20.9 Å². The molecule has 14 heteroatoms. The second kappa shape index (κ2) is 17.2. The third-order valence-corrected chi connectivity index (χ3v) is 5.93. The van der Waals surface area contributed by atoms with E-state index in [-0.39, 0.29) is 38.0 Å². The minimum atomic E-state index is -0.436. The molecule has 0 aromatic rings. The van der Waals surface area contributed by atoms with Crippen LogP contribution in [0.1, 0.15) is 0 Å². The van der Waals surface area contributed by atoms with Crippen molar-refractivity contribution in [1.29, 1.82) is 0 Å². The maximum absolute atomic E-state index is 12.5. The average Bonchev–Trinajstić information content (AvgIpc) is 2.80. The van der Waals surface area contributed by atoms with Gasteiger partial charge in [-0.25, -0.2) is 0 Å². The summed E-state index contributed by atoms with van der Waals surface area (Å²) in [5.41, 5.74) is 10.9. The van der Waals surface area contributed by atoms with Crippen LogP contribution in [0.4, 0.5) is 0 Å². The van der Waals surface area contributed by atoms with Crippen molar-refractivity contribution in [2.24, 2.45) is 11.5 Å². The SMILES string of the molecule is NC(=O)CN1CCN2CCN(CC(N)=O)CCN(CC1)CC(=O)NCCOCCOCCNC(=O)C2. The van der Waals surface area contributed by atoms with Crippen LogP contribution in [0.2, 0.25) is 0 Å². The van der Waals surface area contributed by atoms with Crippen molar-refractivity contribution in [2.45, 2.75) is 0 Å². The van der Waals surface area contributed by atoms with E-state index in [0.717, 1.165) is 0 Å². The molecule has 3 saturated heterocycles. The molecule has 6 N–H and O–H groups in total. The minimum Gasteiger partial charge on any atom is -0.377 e. The molecule has 2 bridgehead atoms. The molecule has 0 unspecified atom stereocenters. The minimum absolute atomic E-state index is 0.0859. The molecule has 0 saturated carbocycles. The molecule has 3 aliphatic heterocycles. The average molecular weight is 515 g/mol. The maximum Gasteiger partial charge on any atom is 0.234 e. The molecular formula is C22H42N8O6. The number of ether oxygens (including phenoxy) is 2. The predicted molar refractivity (Wildman–Crippen MR) is 132 cm³/mol. The zero-order chi connectivity index (χ0) is 26.2. The second-order valence-corrected chi connectivity index (χ2v) is 8.96. The normalized spacial score (nSPS) is 25.9. The largest absolute Gasteiger partial charge is 0.377 e. The van der Waals surface area contributed by atoms with Crippen molar-refractivity contribution in [2.75, 3.05) is 118 Å². The lowest BCUT2D eigenvalue weighted by Gasteiger charge is -2.33. The fourth-order valence-electron chi connectivity index (χ4n) is 4.02. The number of nitrogens with one attached hydrogen (secondary N) is 2. The Balaban J connectivity index is 2.18. The van der Waals surface area contributed by atoms with Crippen LogP contribution in [-0.4, -0.2) is 161 Å². The number of hydrogen-bond donors (Lipinski definition) is 4.